The SMILES string of the molecule is O=C(O)C1(Cc2cccc(O)c2)CCCOC1. The van der Waals surface area contributed by atoms with E-state index in [0.29, 0.717) is 19.4 Å². The molecule has 0 radical (unpaired) electrons. The molecule has 0 aliphatic carbocycles. The molecule has 0 spiro atoms. The van der Waals surface area contributed by atoms with Crippen LogP contribution in [0, 0.1) is 5.41 Å². The van der Waals surface area contributed by atoms with Crippen molar-refractivity contribution in [3.8, 4) is 5.75 Å². The van der Waals surface area contributed by atoms with Gasteiger partial charge in [0.2, 0.25) is 0 Å². The first-order valence-electron chi connectivity index (χ1n) is 5.71. The Morgan fingerprint density at radius 3 is 2.88 bits per heavy atom. The monoisotopic (exact) mass is 236 g/mol. The average Bonchev–Trinajstić information content (AvgIpc) is 2.30. The van der Waals surface area contributed by atoms with Crippen molar-refractivity contribution in [2.45, 2.75) is 19.3 Å². The van der Waals surface area contributed by atoms with Crippen molar-refractivity contribution in [1.82, 2.24) is 0 Å². The van der Waals surface area contributed by atoms with Crippen LogP contribution < -0.4 is 0 Å². The van der Waals surface area contributed by atoms with E-state index in [1.807, 2.05) is 6.07 Å². The summed E-state index contributed by atoms with van der Waals surface area (Å²) in [5.74, 6) is -0.652. The Morgan fingerprint density at radius 2 is 2.29 bits per heavy atom. The van der Waals surface area contributed by atoms with E-state index in [1.165, 1.54) is 0 Å². The number of carbonyl (C=O) groups is 1. The normalized spacial score (nSPS) is 24.5. The lowest BCUT2D eigenvalue weighted by Gasteiger charge is -2.33. The van der Waals surface area contributed by atoms with Crippen molar-refractivity contribution >= 4 is 5.97 Å². The predicted octanol–water partition coefficient (Wildman–Crippen LogP) is 1.82. The summed E-state index contributed by atoms with van der Waals surface area (Å²) in [6, 6.07) is 6.75. The molecule has 1 fully saturated rings. The van der Waals surface area contributed by atoms with Crippen LogP contribution in [0.3, 0.4) is 0 Å². The van der Waals surface area contributed by atoms with Crippen LogP contribution in [0.5, 0.6) is 5.75 Å². The molecule has 92 valence electrons. The summed E-state index contributed by atoms with van der Waals surface area (Å²) in [5, 5.41) is 18.8. The third-order valence-electron chi connectivity index (χ3n) is 3.23. The molecule has 4 heteroatoms. The van der Waals surface area contributed by atoms with E-state index < -0.39 is 11.4 Å². The van der Waals surface area contributed by atoms with Crippen molar-refractivity contribution in [2.24, 2.45) is 5.41 Å². The maximum Gasteiger partial charge on any atom is 0.312 e. The number of hydrogen-bond donors (Lipinski definition) is 2. The Kier molecular flexibility index (Phi) is 3.33. The second-order valence-corrected chi connectivity index (χ2v) is 4.59. The number of carboxylic acids is 1. The molecule has 1 aromatic rings. The number of ether oxygens (including phenoxy) is 1. The number of benzene rings is 1. The Hall–Kier alpha value is -1.55. The molecule has 0 bridgehead atoms. The van der Waals surface area contributed by atoms with E-state index in [9.17, 15) is 15.0 Å². The predicted molar refractivity (Wildman–Crippen MR) is 61.9 cm³/mol. The topological polar surface area (TPSA) is 66.8 Å². The molecule has 17 heavy (non-hydrogen) atoms. The minimum Gasteiger partial charge on any atom is -0.508 e. The second kappa shape index (κ2) is 4.75. The van der Waals surface area contributed by atoms with Crippen molar-refractivity contribution in [2.75, 3.05) is 13.2 Å². The van der Waals surface area contributed by atoms with Gasteiger partial charge in [-0.1, -0.05) is 12.1 Å². The van der Waals surface area contributed by atoms with Crippen LogP contribution in [-0.2, 0) is 16.0 Å². The van der Waals surface area contributed by atoms with Crippen LogP contribution >= 0.6 is 0 Å². The van der Waals surface area contributed by atoms with Gasteiger partial charge in [-0.05, 0) is 37.0 Å². The highest BCUT2D eigenvalue weighted by molar-refractivity contribution is 5.75. The smallest absolute Gasteiger partial charge is 0.312 e. The first-order chi connectivity index (χ1) is 8.12. The van der Waals surface area contributed by atoms with Crippen LogP contribution in [0.4, 0.5) is 0 Å². The van der Waals surface area contributed by atoms with Gasteiger partial charge in [0.05, 0.1) is 12.0 Å². The fraction of sp³-hybridized carbons (Fsp3) is 0.462. The maximum atomic E-state index is 11.4. The number of aliphatic carboxylic acids is 1. The Labute approximate surface area is 99.8 Å². The lowest BCUT2D eigenvalue weighted by molar-refractivity contribution is -0.157. The average molecular weight is 236 g/mol. The summed E-state index contributed by atoms with van der Waals surface area (Å²) in [6.45, 7) is 0.882. The van der Waals surface area contributed by atoms with E-state index in [1.54, 1.807) is 18.2 Å². The van der Waals surface area contributed by atoms with Crippen molar-refractivity contribution < 1.29 is 19.7 Å². The third kappa shape index (κ3) is 2.58. The van der Waals surface area contributed by atoms with Crippen LogP contribution in [-0.4, -0.2) is 29.4 Å². The second-order valence-electron chi connectivity index (χ2n) is 4.59. The van der Waals surface area contributed by atoms with Gasteiger partial charge in [-0.2, -0.15) is 0 Å². The number of carboxylic acid groups (broad SMARTS) is 1. The molecule has 1 atom stereocenters. The Bertz CT molecular complexity index is 408. The van der Waals surface area contributed by atoms with Crippen molar-refractivity contribution in [3.05, 3.63) is 29.8 Å². The van der Waals surface area contributed by atoms with Gasteiger partial charge in [0.15, 0.2) is 0 Å². The summed E-state index contributed by atoms with van der Waals surface area (Å²) < 4.78 is 5.31. The number of hydrogen-bond acceptors (Lipinski definition) is 3. The van der Waals surface area contributed by atoms with Gasteiger partial charge < -0.3 is 14.9 Å². The molecule has 1 aliphatic rings. The van der Waals surface area contributed by atoms with Crippen LogP contribution in [0.15, 0.2) is 24.3 Å². The molecule has 1 aliphatic heterocycles. The molecule has 0 saturated carbocycles. The highest BCUT2D eigenvalue weighted by Gasteiger charge is 2.40. The summed E-state index contributed by atoms with van der Waals surface area (Å²) in [5.41, 5.74) is -0.00984. The van der Waals surface area contributed by atoms with E-state index >= 15 is 0 Å². The molecular weight excluding hydrogens is 220 g/mol. The maximum absolute atomic E-state index is 11.4. The van der Waals surface area contributed by atoms with Crippen LogP contribution in [0.1, 0.15) is 18.4 Å². The molecule has 1 saturated heterocycles. The molecule has 1 unspecified atom stereocenters. The van der Waals surface area contributed by atoms with Gasteiger partial charge in [0.25, 0.3) is 0 Å². The summed E-state index contributed by atoms with van der Waals surface area (Å²) in [6.07, 6.45) is 1.79. The quantitative estimate of drug-likeness (QED) is 0.840. The van der Waals surface area contributed by atoms with Crippen molar-refractivity contribution in [3.63, 3.8) is 0 Å². The molecule has 1 heterocycles. The molecule has 0 amide bonds. The fourth-order valence-electron chi connectivity index (χ4n) is 2.29. The summed E-state index contributed by atoms with van der Waals surface area (Å²) in [7, 11) is 0. The number of phenolic OH excluding ortho intramolecular Hbond substituents is 1. The zero-order valence-electron chi connectivity index (χ0n) is 9.56. The van der Waals surface area contributed by atoms with E-state index in [0.717, 1.165) is 12.0 Å². The highest BCUT2D eigenvalue weighted by atomic mass is 16.5. The number of rotatable bonds is 3. The lowest BCUT2D eigenvalue weighted by Crippen LogP contribution is -2.41. The fourth-order valence-corrected chi connectivity index (χ4v) is 2.29. The van der Waals surface area contributed by atoms with Crippen LogP contribution in [0.2, 0.25) is 0 Å². The van der Waals surface area contributed by atoms with Gasteiger partial charge in [-0.3, -0.25) is 4.79 Å². The lowest BCUT2D eigenvalue weighted by atomic mass is 9.77. The largest absolute Gasteiger partial charge is 0.508 e. The zero-order valence-corrected chi connectivity index (χ0v) is 9.56. The van der Waals surface area contributed by atoms with Gasteiger partial charge in [-0.15, -0.1) is 0 Å². The minimum absolute atomic E-state index is 0.166. The van der Waals surface area contributed by atoms with Crippen LogP contribution in [0.25, 0.3) is 0 Å². The first kappa shape index (κ1) is 11.9. The van der Waals surface area contributed by atoms with Crippen molar-refractivity contribution in [1.29, 1.82) is 0 Å². The van der Waals surface area contributed by atoms with E-state index in [2.05, 4.69) is 0 Å². The molecule has 2 rings (SSSR count). The van der Waals surface area contributed by atoms with Gasteiger partial charge in [0, 0.05) is 6.61 Å². The van der Waals surface area contributed by atoms with Gasteiger partial charge in [-0.25, -0.2) is 0 Å². The standard InChI is InChI=1S/C13H16O4/c14-11-4-1-3-10(7-11)8-13(12(15)16)5-2-6-17-9-13/h1,3-4,7,14H,2,5-6,8-9H2,(H,15,16). The first-order valence-corrected chi connectivity index (χ1v) is 5.71. The molecule has 4 nitrogen and oxygen atoms in total. The highest BCUT2D eigenvalue weighted by Crippen LogP contribution is 2.33. The Balaban J connectivity index is 2.20. The zero-order chi connectivity index (χ0) is 12.3. The molecular formula is C13H16O4. The van der Waals surface area contributed by atoms with E-state index in [-0.39, 0.29) is 12.4 Å². The summed E-state index contributed by atoms with van der Waals surface area (Å²) in [4.78, 5) is 11.4. The van der Waals surface area contributed by atoms with E-state index in [4.69, 9.17) is 4.74 Å². The van der Waals surface area contributed by atoms with Gasteiger partial charge >= 0.3 is 5.97 Å². The molecule has 1 aromatic carbocycles. The molecule has 0 aromatic heterocycles. The third-order valence-corrected chi connectivity index (χ3v) is 3.23. The number of phenols is 1. The summed E-state index contributed by atoms with van der Waals surface area (Å²) >= 11 is 0. The van der Waals surface area contributed by atoms with Gasteiger partial charge in [0.1, 0.15) is 5.75 Å². The minimum atomic E-state index is -0.841. The molecule has 2 N–H and O–H groups in total. The Morgan fingerprint density at radius 1 is 1.47 bits per heavy atom. The number of aromatic hydroxyl groups is 1.